The smallest absolute Gasteiger partial charge is 0.0991 e. The molecule has 318 valence electrons. The van der Waals surface area contributed by atoms with Crippen LogP contribution < -0.4 is 4.90 Å². The van der Waals surface area contributed by atoms with E-state index >= 15 is 0 Å². The lowest BCUT2D eigenvalue weighted by Gasteiger charge is -2.27. The summed E-state index contributed by atoms with van der Waals surface area (Å²) >= 11 is 0. The average molecular weight is 866 g/mol. The molecule has 0 saturated heterocycles. The molecule has 0 aromatic heterocycles. The van der Waals surface area contributed by atoms with Crippen LogP contribution in [0.3, 0.4) is 0 Å². The molecule has 68 heavy (non-hydrogen) atoms. The van der Waals surface area contributed by atoms with Crippen LogP contribution in [0.25, 0.3) is 99.4 Å². The monoisotopic (exact) mass is 865 g/mol. The molecule has 11 aromatic carbocycles. The van der Waals surface area contributed by atoms with Crippen LogP contribution in [0.2, 0.25) is 0 Å². The Labute approximate surface area is 396 Å². The maximum Gasteiger partial charge on any atom is 0.0991 e. The van der Waals surface area contributed by atoms with Gasteiger partial charge in [0, 0.05) is 22.8 Å². The molecule has 0 atom stereocenters. The van der Waals surface area contributed by atoms with Crippen LogP contribution in [-0.4, -0.2) is 5.71 Å². The summed E-state index contributed by atoms with van der Waals surface area (Å²) in [5.41, 5.74) is 21.4. The van der Waals surface area contributed by atoms with Gasteiger partial charge in [0.1, 0.15) is 0 Å². The largest absolute Gasteiger partial charge is 0.310 e. The van der Waals surface area contributed by atoms with Gasteiger partial charge in [-0.2, -0.15) is 5.26 Å². The Kier molecular flexibility index (Phi) is 9.93. The fraction of sp³-hybridized carbons (Fsp3) is 0.0154. The zero-order valence-corrected chi connectivity index (χ0v) is 37.4. The van der Waals surface area contributed by atoms with E-state index in [1.54, 1.807) is 0 Å². The lowest BCUT2D eigenvalue weighted by atomic mass is 9.82. The second-order valence-corrected chi connectivity index (χ2v) is 17.6. The zero-order valence-electron chi connectivity index (χ0n) is 37.4. The first kappa shape index (κ1) is 40.4. The fourth-order valence-corrected chi connectivity index (χ4v) is 10.4. The average Bonchev–Trinajstić information content (AvgIpc) is 3.73. The fourth-order valence-electron chi connectivity index (χ4n) is 10.4. The summed E-state index contributed by atoms with van der Waals surface area (Å²) in [6.07, 6.45) is 0. The van der Waals surface area contributed by atoms with Gasteiger partial charge in [-0.3, -0.25) is 0 Å². The zero-order chi connectivity index (χ0) is 45.7. The first-order chi connectivity index (χ1) is 33.5. The summed E-state index contributed by atoms with van der Waals surface area (Å²) in [5.74, 6) is 0. The van der Waals surface area contributed by atoms with Gasteiger partial charge in [0.25, 0.3) is 0 Å². The number of benzene rings is 11. The van der Waals surface area contributed by atoms with Gasteiger partial charge in [-0.05, 0) is 173 Å². The molecule has 0 aliphatic heterocycles. The second kappa shape index (κ2) is 16.7. The van der Waals surface area contributed by atoms with Crippen molar-refractivity contribution >= 4 is 44.3 Å². The predicted molar refractivity (Wildman–Crippen MR) is 285 cm³/mol. The summed E-state index contributed by atoms with van der Waals surface area (Å²) in [5, 5.41) is 23.3. The Bertz CT molecular complexity index is 3720. The van der Waals surface area contributed by atoms with Crippen LogP contribution >= 0.6 is 0 Å². The first-order valence-electron chi connectivity index (χ1n) is 23.1. The van der Waals surface area contributed by atoms with Crippen molar-refractivity contribution in [1.82, 2.24) is 0 Å². The molecular weight excluding hydrogens is 823 g/mol. The predicted octanol–water partition coefficient (Wildman–Crippen LogP) is 17.7. The Hall–Kier alpha value is -9.10. The Morgan fingerprint density at radius 1 is 0.368 bits per heavy atom. The molecule has 0 unspecified atom stereocenters. The second-order valence-electron chi connectivity index (χ2n) is 17.6. The maximum atomic E-state index is 9.86. The highest BCUT2D eigenvalue weighted by atomic mass is 15.1. The first-order valence-corrected chi connectivity index (χ1v) is 23.1. The molecule has 11 aromatic rings. The lowest BCUT2D eigenvalue weighted by molar-refractivity contribution is 1.28. The number of fused-ring (bicyclic) bond motifs is 4. The minimum absolute atomic E-state index is 0.517. The summed E-state index contributed by atoms with van der Waals surface area (Å²) in [6, 6.07) is 86.6. The molecule has 0 saturated carbocycles. The highest BCUT2D eigenvalue weighted by molar-refractivity contribution is 6.28. The molecule has 0 bridgehead atoms. The van der Waals surface area contributed by atoms with Crippen LogP contribution in [0.15, 0.2) is 237 Å². The van der Waals surface area contributed by atoms with E-state index in [4.69, 9.17) is 5.41 Å². The number of nitrogens with zero attached hydrogens (tertiary/aromatic N) is 2. The highest BCUT2D eigenvalue weighted by Gasteiger charge is 2.31. The van der Waals surface area contributed by atoms with E-state index in [1.165, 1.54) is 71.6 Å². The van der Waals surface area contributed by atoms with E-state index in [1.807, 2.05) is 43.3 Å². The molecule has 0 fully saturated rings. The number of para-hydroxylation sites is 1. The van der Waals surface area contributed by atoms with Crippen molar-refractivity contribution in [2.24, 2.45) is 0 Å². The molecule has 0 amide bonds. The molecule has 3 heteroatoms. The van der Waals surface area contributed by atoms with Gasteiger partial charge in [-0.15, -0.1) is 0 Å². The van der Waals surface area contributed by atoms with Crippen LogP contribution in [0.5, 0.6) is 0 Å². The van der Waals surface area contributed by atoms with Crippen LogP contribution in [0.1, 0.15) is 18.1 Å². The molecule has 0 spiro atoms. The third kappa shape index (κ3) is 6.87. The summed E-state index contributed by atoms with van der Waals surface area (Å²) in [4.78, 5) is 2.31. The molecular formula is C65H43N3. The van der Waals surface area contributed by atoms with Gasteiger partial charge in [-0.1, -0.05) is 176 Å². The minimum atomic E-state index is 0.517. The van der Waals surface area contributed by atoms with Crippen molar-refractivity contribution < 1.29 is 0 Å². The van der Waals surface area contributed by atoms with Gasteiger partial charge in [0.2, 0.25) is 0 Å². The van der Waals surface area contributed by atoms with Crippen LogP contribution in [-0.2, 0) is 0 Å². The number of rotatable bonds is 9. The van der Waals surface area contributed by atoms with Crippen LogP contribution in [0, 0.1) is 16.7 Å². The molecule has 3 nitrogen and oxygen atoms in total. The number of nitriles is 1. The topological polar surface area (TPSA) is 50.9 Å². The normalized spacial score (nSPS) is 11.4. The van der Waals surface area contributed by atoms with Crippen molar-refractivity contribution in [2.75, 3.05) is 4.90 Å². The number of nitrogens with one attached hydrogen (secondary N) is 1. The summed E-state index contributed by atoms with van der Waals surface area (Å²) < 4.78 is 0. The highest BCUT2D eigenvalue weighted by Crippen LogP contribution is 2.58. The molecule has 1 aliphatic rings. The van der Waals surface area contributed by atoms with E-state index < -0.39 is 0 Å². The number of anilines is 3. The van der Waals surface area contributed by atoms with Crippen molar-refractivity contribution in [2.45, 2.75) is 6.92 Å². The molecule has 12 rings (SSSR count). The van der Waals surface area contributed by atoms with Gasteiger partial charge in [0.05, 0.1) is 11.6 Å². The maximum absolute atomic E-state index is 9.86. The summed E-state index contributed by atoms with van der Waals surface area (Å²) in [6.45, 7) is 1.82. The SMILES string of the molecule is CC(=N)c1cccc(-c2cc(-c3cccc(C#N)c3)cc(N(c3ccccc3)c3ccc(-c4ccc5c6c(cccc46)-c4c-5c(-c5ccccc5)c5ccccc5c4-c4ccccc4)cc3)c2)c1. The van der Waals surface area contributed by atoms with Crippen molar-refractivity contribution in [3.63, 3.8) is 0 Å². The molecule has 1 aliphatic carbocycles. The van der Waals surface area contributed by atoms with Gasteiger partial charge < -0.3 is 10.3 Å². The Morgan fingerprint density at radius 3 is 1.49 bits per heavy atom. The molecule has 0 radical (unpaired) electrons. The van der Waals surface area contributed by atoms with E-state index in [-0.39, 0.29) is 0 Å². The van der Waals surface area contributed by atoms with Crippen molar-refractivity contribution in [1.29, 1.82) is 10.7 Å². The molecule has 0 heterocycles. The third-order valence-corrected chi connectivity index (χ3v) is 13.5. The number of hydrogen-bond acceptors (Lipinski definition) is 3. The van der Waals surface area contributed by atoms with Crippen molar-refractivity contribution in [3.8, 4) is 84.0 Å². The van der Waals surface area contributed by atoms with Gasteiger partial charge in [0.15, 0.2) is 0 Å². The van der Waals surface area contributed by atoms with Gasteiger partial charge >= 0.3 is 0 Å². The minimum Gasteiger partial charge on any atom is -0.310 e. The number of hydrogen-bond donors (Lipinski definition) is 1. The van der Waals surface area contributed by atoms with E-state index in [0.29, 0.717) is 11.3 Å². The lowest BCUT2D eigenvalue weighted by Crippen LogP contribution is -2.10. The van der Waals surface area contributed by atoms with Crippen LogP contribution in [0.4, 0.5) is 17.1 Å². The van der Waals surface area contributed by atoms with E-state index in [9.17, 15) is 5.26 Å². The quantitative estimate of drug-likeness (QED) is 0.147. The van der Waals surface area contributed by atoms with E-state index in [2.05, 4.69) is 211 Å². The summed E-state index contributed by atoms with van der Waals surface area (Å²) in [7, 11) is 0. The Morgan fingerprint density at radius 2 is 0.868 bits per heavy atom. The van der Waals surface area contributed by atoms with Gasteiger partial charge in [-0.25, -0.2) is 0 Å². The Balaban J connectivity index is 1.03. The van der Waals surface area contributed by atoms with E-state index in [0.717, 1.165) is 50.4 Å². The van der Waals surface area contributed by atoms with Crippen molar-refractivity contribution in [3.05, 3.63) is 248 Å². The third-order valence-electron chi connectivity index (χ3n) is 13.5. The molecule has 1 N–H and O–H groups in total. The standard InChI is InChI=1S/C65H43N3/c1-42(67)47-21-14-23-49(37-47)51-38-50(48-22-13-16-43(36-48)41-66)39-54(40-51)68(52-24-9-4-10-25-52)53-32-30-44(31-33-53)55-34-35-60-63-56(55)28-15-29-59(63)64-61(45-17-5-2-6-18-45)57-26-11-12-27-58(57)62(65(60)64)46-19-7-3-8-20-46/h2-40,67H,1H3.